The smallest absolute Gasteiger partial charge is 1.00 e. The van der Waals surface area contributed by atoms with Gasteiger partial charge in [0.05, 0.1) is 0 Å². The molecule has 96 valence electrons. The first kappa shape index (κ1) is 18.3. The number of hydrogen-bond acceptors (Lipinski definition) is 1. The summed E-state index contributed by atoms with van der Waals surface area (Å²) in [6.07, 6.45) is -4.65. The van der Waals surface area contributed by atoms with Crippen LogP contribution in [-0.4, -0.2) is 29.4 Å². The zero-order chi connectivity index (χ0) is 12.3. The summed E-state index contributed by atoms with van der Waals surface area (Å²) in [6.45, 7) is 0. The summed E-state index contributed by atoms with van der Waals surface area (Å²) >= 11 is 0. The van der Waals surface area contributed by atoms with E-state index < -0.39 is 6.36 Å². The van der Waals surface area contributed by atoms with E-state index in [9.17, 15) is 13.2 Å². The van der Waals surface area contributed by atoms with Crippen LogP contribution in [0.4, 0.5) is 13.2 Å². The third-order valence-electron chi connectivity index (χ3n) is 2.13. The van der Waals surface area contributed by atoms with E-state index in [1.54, 1.807) is 24.3 Å². The van der Waals surface area contributed by atoms with Crippen molar-refractivity contribution in [2.45, 2.75) is 6.36 Å². The second-order valence-corrected chi connectivity index (χ2v) is 3.36. The van der Waals surface area contributed by atoms with Crippen LogP contribution in [0, 0.1) is 6.07 Å². The molecule has 0 spiro atoms. The molecule has 0 saturated carbocycles. The van der Waals surface area contributed by atoms with E-state index in [1.807, 2.05) is 12.1 Å². The maximum Gasteiger partial charge on any atom is 2.00 e. The number of ether oxygens (including phenoxy) is 1. The molecule has 0 fully saturated rings. The second kappa shape index (κ2) is 7.77. The Morgan fingerprint density at radius 1 is 0.947 bits per heavy atom. The topological polar surface area (TPSA) is 9.23 Å². The minimum atomic E-state index is -4.65. The van der Waals surface area contributed by atoms with Crippen LogP contribution < -0.4 is 21.7 Å². The van der Waals surface area contributed by atoms with Gasteiger partial charge in [-0.15, -0.1) is 18.7 Å². The van der Waals surface area contributed by atoms with Crippen molar-refractivity contribution in [3.63, 3.8) is 0 Å². The minimum Gasteiger partial charge on any atom is -1.00 e. The number of benzene rings is 2. The van der Waals surface area contributed by atoms with Crippen molar-refractivity contribution in [1.82, 2.24) is 0 Å². The SMILES string of the molecule is FC(F)(F)Oc1ccc(-c2c[c-]ccc2)cc1.[Br-].[Mg+2]. The second-order valence-electron chi connectivity index (χ2n) is 3.36. The largest absolute Gasteiger partial charge is 2.00 e. The quantitative estimate of drug-likeness (QED) is 0.577. The summed E-state index contributed by atoms with van der Waals surface area (Å²) < 4.78 is 39.6. The Labute approximate surface area is 135 Å². The standard InChI is InChI=1S/C13H8F3O.BrH.Mg/c14-13(15,16)17-12-8-6-11(7-9-12)10-4-2-1-3-5-10;;/h1-2,4-9H;1H;/q-1;;+2/p-1. The molecule has 2 rings (SSSR count). The summed E-state index contributed by atoms with van der Waals surface area (Å²) in [7, 11) is 0. The van der Waals surface area contributed by atoms with Crippen molar-refractivity contribution >= 4 is 23.1 Å². The van der Waals surface area contributed by atoms with Crippen molar-refractivity contribution in [1.29, 1.82) is 0 Å². The molecular weight excluding hydrogens is 333 g/mol. The van der Waals surface area contributed by atoms with Gasteiger partial charge < -0.3 is 21.7 Å². The molecule has 0 radical (unpaired) electrons. The monoisotopic (exact) mass is 340 g/mol. The van der Waals surface area contributed by atoms with Crippen LogP contribution in [0.25, 0.3) is 11.1 Å². The molecule has 19 heavy (non-hydrogen) atoms. The molecule has 6 heteroatoms. The molecule has 0 aromatic heterocycles. The van der Waals surface area contributed by atoms with Crippen LogP contribution in [-0.2, 0) is 0 Å². The van der Waals surface area contributed by atoms with Gasteiger partial charge >= 0.3 is 29.4 Å². The fourth-order valence-corrected chi connectivity index (χ4v) is 1.42. The van der Waals surface area contributed by atoms with Gasteiger partial charge in [-0.1, -0.05) is 17.7 Å². The molecular formula is C13H8BrF3MgO. The van der Waals surface area contributed by atoms with Gasteiger partial charge in [-0.05, 0) is 12.1 Å². The Balaban J connectivity index is 0.00000162. The van der Waals surface area contributed by atoms with Crippen LogP contribution in [0.15, 0.2) is 48.5 Å². The number of hydrogen-bond donors (Lipinski definition) is 0. The number of halogens is 4. The molecule has 0 heterocycles. The Hall–Kier alpha value is -0.724. The normalized spacial score (nSPS) is 10.1. The van der Waals surface area contributed by atoms with Gasteiger partial charge in [-0.25, -0.2) is 0 Å². The molecule has 2 aromatic carbocycles. The van der Waals surface area contributed by atoms with Crippen molar-refractivity contribution in [2.75, 3.05) is 0 Å². The molecule has 0 aliphatic heterocycles. The Bertz CT molecular complexity index is 485. The van der Waals surface area contributed by atoms with Crippen LogP contribution in [0.1, 0.15) is 0 Å². The number of rotatable bonds is 2. The summed E-state index contributed by atoms with van der Waals surface area (Å²) in [5.74, 6) is -0.221. The van der Waals surface area contributed by atoms with Gasteiger partial charge in [-0.2, -0.15) is 30.3 Å². The van der Waals surface area contributed by atoms with E-state index in [4.69, 9.17) is 0 Å². The fraction of sp³-hybridized carbons (Fsp3) is 0.0769. The molecule has 2 aromatic rings. The van der Waals surface area contributed by atoms with E-state index in [2.05, 4.69) is 10.8 Å². The predicted molar refractivity (Wildman–Crippen MR) is 63.2 cm³/mol. The summed E-state index contributed by atoms with van der Waals surface area (Å²) in [5, 5.41) is 0. The van der Waals surface area contributed by atoms with Gasteiger partial charge in [0.2, 0.25) is 0 Å². The van der Waals surface area contributed by atoms with Gasteiger partial charge in [-0.3, -0.25) is 0 Å². The first-order chi connectivity index (χ1) is 8.04. The van der Waals surface area contributed by atoms with E-state index in [1.165, 1.54) is 12.1 Å². The molecule has 0 unspecified atom stereocenters. The Morgan fingerprint density at radius 2 is 1.58 bits per heavy atom. The van der Waals surface area contributed by atoms with Gasteiger partial charge in [0, 0.05) is 0 Å². The summed E-state index contributed by atoms with van der Waals surface area (Å²) in [4.78, 5) is 0. The Morgan fingerprint density at radius 3 is 2.05 bits per heavy atom. The molecule has 0 N–H and O–H groups in total. The van der Waals surface area contributed by atoms with Crippen molar-refractivity contribution in [2.24, 2.45) is 0 Å². The molecule has 0 amide bonds. The van der Waals surface area contributed by atoms with Crippen molar-refractivity contribution in [3.05, 3.63) is 54.6 Å². The van der Waals surface area contributed by atoms with Crippen LogP contribution in [0.3, 0.4) is 0 Å². The molecule has 0 saturated heterocycles. The summed E-state index contributed by atoms with van der Waals surface area (Å²) in [6, 6.07) is 15.8. The van der Waals surface area contributed by atoms with E-state index in [0.717, 1.165) is 11.1 Å². The first-order valence-corrected chi connectivity index (χ1v) is 4.87. The average Bonchev–Trinajstić information content (AvgIpc) is 2.29. The summed E-state index contributed by atoms with van der Waals surface area (Å²) in [5.41, 5.74) is 1.71. The molecule has 0 aliphatic carbocycles. The minimum absolute atomic E-state index is 0. The Kier molecular flexibility index (Phi) is 7.47. The van der Waals surface area contributed by atoms with E-state index in [0.29, 0.717) is 0 Å². The molecule has 0 atom stereocenters. The molecule has 0 bridgehead atoms. The van der Waals surface area contributed by atoms with Crippen molar-refractivity contribution < 1.29 is 34.9 Å². The molecule has 1 nitrogen and oxygen atoms in total. The van der Waals surface area contributed by atoms with Gasteiger partial charge in [0.25, 0.3) is 0 Å². The zero-order valence-electron chi connectivity index (χ0n) is 9.75. The van der Waals surface area contributed by atoms with Gasteiger partial charge in [0.1, 0.15) is 5.75 Å². The van der Waals surface area contributed by atoms with Crippen LogP contribution in [0.2, 0.25) is 0 Å². The van der Waals surface area contributed by atoms with E-state index in [-0.39, 0.29) is 45.8 Å². The third-order valence-corrected chi connectivity index (χ3v) is 2.13. The van der Waals surface area contributed by atoms with Crippen LogP contribution >= 0.6 is 0 Å². The number of alkyl halides is 3. The van der Waals surface area contributed by atoms with Crippen LogP contribution in [0.5, 0.6) is 5.75 Å². The third kappa shape index (κ3) is 5.84. The maximum atomic E-state index is 11.9. The zero-order valence-corrected chi connectivity index (χ0v) is 12.7. The van der Waals surface area contributed by atoms with Gasteiger partial charge in [0.15, 0.2) is 0 Å². The van der Waals surface area contributed by atoms with Crippen molar-refractivity contribution in [3.8, 4) is 16.9 Å². The first-order valence-electron chi connectivity index (χ1n) is 4.87. The average molecular weight is 341 g/mol. The predicted octanol–water partition coefficient (Wildman–Crippen LogP) is 0.676. The fourth-order valence-electron chi connectivity index (χ4n) is 1.42. The maximum absolute atomic E-state index is 11.9. The molecule has 0 aliphatic rings. The van der Waals surface area contributed by atoms with E-state index >= 15 is 0 Å².